The van der Waals surface area contributed by atoms with Gasteiger partial charge < -0.3 is 5.32 Å². The van der Waals surface area contributed by atoms with Crippen LogP contribution in [0.4, 0.5) is 5.69 Å². The van der Waals surface area contributed by atoms with Crippen LogP contribution in [-0.2, 0) is 0 Å². The molecule has 3 aromatic rings. The molecule has 0 amide bonds. The van der Waals surface area contributed by atoms with E-state index in [1.807, 2.05) is 30.6 Å². The van der Waals surface area contributed by atoms with Crippen LogP contribution in [0.3, 0.4) is 0 Å². The minimum absolute atomic E-state index is 0.185. The Hall–Kier alpha value is -3.20. The number of fused-ring (bicyclic) bond motifs is 1. The number of rotatable bonds is 3. The average molecular weight is 368 g/mol. The molecule has 0 aliphatic carbocycles. The van der Waals surface area contributed by atoms with E-state index < -0.39 is 0 Å². The van der Waals surface area contributed by atoms with Crippen molar-refractivity contribution in [3.63, 3.8) is 0 Å². The van der Waals surface area contributed by atoms with E-state index in [2.05, 4.69) is 60.5 Å². The Morgan fingerprint density at radius 2 is 1.86 bits per heavy atom. The van der Waals surface area contributed by atoms with E-state index in [0.717, 1.165) is 46.5 Å². The fourth-order valence-electron chi connectivity index (χ4n) is 3.67. The molecule has 3 heteroatoms. The molecule has 4 rings (SSSR count). The third-order valence-electron chi connectivity index (χ3n) is 5.29. The molecule has 1 aromatic heterocycles. The molecule has 2 aromatic carbocycles. The summed E-state index contributed by atoms with van der Waals surface area (Å²) in [5.74, 6) is 0.185. The summed E-state index contributed by atoms with van der Waals surface area (Å²) in [5, 5.41) is 3.33. The van der Waals surface area contributed by atoms with Gasteiger partial charge in [-0.05, 0) is 49.6 Å². The Balaban J connectivity index is 1.80. The molecule has 0 fully saturated rings. The highest BCUT2D eigenvalue weighted by Crippen LogP contribution is 2.34. The molecule has 0 spiro atoms. The van der Waals surface area contributed by atoms with Crippen LogP contribution >= 0.6 is 0 Å². The molecule has 0 radical (unpaired) electrons. The predicted octanol–water partition coefficient (Wildman–Crippen LogP) is 6.41. The number of nitrogens with one attached hydrogen (secondary N) is 1. The van der Waals surface area contributed by atoms with Gasteiger partial charge in [-0.15, -0.1) is 0 Å². The van der Waals surface area contributed by atoms with Gasteiger partial charge in [-0.2, -0.15) is 0 Å². The lowest BCUT2D eigenvalue weighted by Crippen LogP contribution is -2.08. The van der Waals surface area contributed by atoms with E-state index >= 15 is 0 Å². The number of carbonyl (C=O) groups excluding carboxylic acids is 1. The minimum atomic E-state index is 0.185. The molecule has 28 heavy (non-hydrogen) atoms. The minimum Gasteiger partial charge on any atom is -0.361 e. The summed E-state index contributed by atoms with van der Waals surface area (Å²) in [6.45, 7) is 4.21. The second-order valence-electron chi connectivity index (χ2n) is 7.25. The standard InChI is InChI=1S/C25H24N2O/c1-3-18-9-12-24(28)22-15-19(10-11-23(22)27-16-18)21-8-5-13-26-25(21)20-7-4-6-17(2)14-20/h4-8,10-11,13-16,27H,3,9,12H2,1-2H3. The van der Waals surface area contributed by atoms with Crippen molar-refractivity contribution in [3.8, 4) is 22.4 Å². The van der Waals surface area contributed by atoms with Gasteiger partial charge in [-0.3, -0.25) is 9.78 Å². The quantitative estimate of drug-likeness (QED) is 0.581. The van der Waals surface area contributed by atoms with Crippen molar-refractivity contribution in [1.29, 1.82) is 0 Å². The van der Waals surface area contributed by atoms with Crippen LogP contribution in [0.2, 0.25) is 0 Å². The van der Waals surface area contributed by atoms with Crippen LogP contribution in [0, 0.1) is 6.92 Å². The molecule has 140 valence electrons. The number of hydrogen-bond donors (Lipinski definition) is 1. The third-order valence-corrected chi connectivity index (χ3v) is 5.29. The lowest BCUT2D eigenvalue weighted by molar-refractivity contribution is 0.0983. The molecule has 1 N–H and O–H groups in total. The summed E-state index contributed by atoms with van der Waals surface area (Å²) in [6, 6.07) is 18.4. The monoisotopic (exact) mass is 368 g/mol. The highest BCUT2D eigenvalue weighted by atomic mass is 16.1. The van der Waals surface area contributed by atoms with Crippen LogP contribution in [0.5, 0.6) is 0 Å². The number of aryl methyl sites for hydroxylation is 1. The van der Waals surface area contributed by atoms with Gasteiger partial charge in [-0.1, -0.05) is 48.4 Å². The predicted molar refractivity (Wildman–Crippen MR) is 115 cm³/mol. The van der Waals surface area contributed by atoms with Crippen molar-refractivity contribution in [2.45, 2.75) is 33.1 Å². The number of Topliss-reactive ketones (excluding diaryl/α,β-unsaturated/α-hetero) is 1. The summed E-state index contributed by atoms with van der Waals surface area (Å²) in [4.78, 5) is 17.5. The summed E-state index contributed by atoms with van der Waals surface area (Å²) in [6.07, 6.45) is 6.19. The number of allylic oxidation sites excluding steroid dienone is 1. The van der Waals surface area contributed by atoms with Gasteiger partial charge in [0.15, 0.2) is 5.78 Å². The molecule has 1 aliphatic rings. The van der Waals surface area contributed by atoms with E-state index in [-0.39, 0.29) is 5.78 Å². The number of aromatic nitrogens is 1. The SMILES string of the molecule is CCC1=CNc2ccc(-c3cccnc3-c3cccc(C)c3)cc2C(=O)CC1. The smallest absolute Gasteiger partial charge is 0.165 e. The summed E-state index contributed by atoms with van der Waals surface area (Å²) in [5.41, 5.74) is 8.17. The maximum atomic E-state index is 12.8. The summed E-state index contributed by atoms with van der Waals surface area (Å²) >= 11 is 0. The zero-order chi connectivity index (χ0) is 19.5. The van der Waals surface area contributed by atoms with Crippen molar-refractivity contribution < 1.29 is 4.79 Å². The third kappa shape index (κ3) is 3.61. The van der Waals surface area contributed by atoms with Gasteiger partial charge in [-0.25, -0.2) is 0 Å². The van der Waals surface area contributed by atoms with Gasteiger partial charge >= 0.3 is 0 Å². The molecule has 2 heterocycles. The molecule has 0 unspecified atom stereocenters. The molecule has 0 atom stereocenters. The number of carbonyl (C=O) groups is 1. The van der Waals surface area contributed by atoms with E-state index in [0.29, 0.717) is 6.42 Å². The first-order chi connectivity index (χ1) is 13.7. The number of nitrogens with zero attached hydrogens (tertiary/aromatic N) is 1. The highest BCUT2D eigenvalue weighted by Gasteiger charge is 2.17. The number of hydrogen-bond acceptors (Lipinski definition) is 3. The van der Waals surface area contributed by atoms with Crippen LogP contribution in [0.25, 0.3) is 22.4 Å². The average Bonchev–Trinajstić information content (AvgIpc) is 2.72. The molecule has 0 bridgehead atoms. The normalized spacial score (nSPS) is 13.8. The lowest BCUT2D eigenvalue weighted by Gasteiger charge is -2.17. The summed E-state index contributed by atoms with van der Waals surface area (Å²) in [7, 11) is 0. The van der Waals surface area contributed by atoms with Gasteiger partial charge in [0.25, 0.3) is 0 Å². The Labute approximate surface area is 166 Å². The first-order valence-electron chi connectivity index (χ1n) is 9.80. The van der Waals surface area contributed by atoms with Gasteiger partial charge in [0.2, 0.25) is 0 Å². The first-order valence-corrected chi connectivity index (χ1v) is 9.80. The van der Waals surface area contributed by atoms with E-state index in [4.69, 9.17) is 0 Å². The van der Waals surface area contributed by atoms with Crippen molar-refractivity contribution in [3.05, 3.63) is 83.7 Å². The van der Waals surface area contributed by atoms with Gasteiger partial charge in [0, 0.05) is 41.2 Å². The van der Waals surface area contributed by atoms with Crippen molar-refractivity contribution >= 4 is 11.5 Å². The second-order valence-corrected chi connectivity index (χ2v) is 7.25. The maximum Gasteiger partial charge on any atom is 0.165 e. The zero-order valence-electron chi connectivity index (χ0n) is 16.3. The van der Waals surface area contributed by atoms with Gasteiger partial charge in [0.05, 0.1) is 5.69 Å². The first kappa shape index (κ1) is 18.2. The van der Waals surface area contributed by atoms with Crippen molar-refractivity contribution in [2.24, 2.45) is 0 Å². The topological polar surface area (TPSA) is 42.0 Å². The largest absolute Gasteiger partial charge is 0.361 e. The molecule has 0 saturated carbocycles. The number of pyridine rings is 1. The fraction of sp³-hybridized carbons (Fsp3) is 0.200. The molecule has 0 saturated heterocycles. The van der Waals surface area contributed by atoms with E-state index in [1.54, 1.807) is 0 Å². The molecular formula is C25H24N2O. The molecule has 1 aliphatic heterocycles. The zero-order valence-corrected chi connectivity index (χ0v) is 16.3. The van der Waals surface area contributed by atoms with Crippen molar-refractivity contribution in [1.82, 2.24) is 4.98 Å². The van der Waals surface area contributed by atoms with Crippen molar-refractivity contribution in [2.75, 3.05) is 5.32 Å². The fourth-order valence-corrected chi connectivity index (χ4v) is 3.67. The van der Waals surface area contributed by atoms with E-state index in [1.165, 1.54) is 11.1 Å². The second kappa shape index (κ2) is 7.81. The molecular weight excluding hydrogens is 344 g/mol. The van der Waals surface area contributed by atoms with E-state index in [9.17, 15) is 4.79 Å². The highest BCUT2D eigenvalue weighted by molar-refractivity contribution is 6.03. The van der Waals surface area contributed by atoms with Crippen LogP contribution < -0.4 is 5.32 Å². The number of ketones is 1. The Bertz CT molecular complexity index is 1070. The molecule has 3 nitrogen and oxygen atoms in total. The van der Waals surface area contributed by atoms with Gasteiger partial charge in [0.1, 0.15) is 0 Å². The Morgan fingerprint density at radius 1 is 0.964 bits per heavy atom. The Kier molecular flexibility index (Phi) is 5.07. The Morgan fingerprint density at radius 3 is 2.68 bits per heavy atom. The number of benzene rings is 2. The van der Waals surface area contributed by atoms with Crippen LogP contribution in [0.15, 0.2) is 72.6 Å². The number of anilines is 1. The van der Waals surface area contributed by atoms with Crippen LogP contribution in [0.1, 0.15) is 42.1 Å². The van der Waals surface area contributed by atoms with Crippen LogP contribution in [-0.4, -0.2) is 10.8 Å². The summed E-state index contributed by atoms with van der Waals surface area (Å²) < 4.78 is 0. The maximum absolute atomic E-state index is 12.8. The lowest BCUT2D eigenvalue weighted by atomic mass is 9.93.